The maximum Gasteiger partial charge on any atom is 0.315 e. The smallest absolute Gasteiger partial charge is 0.315 e. The highest BCUT2D eigenvalue weighted by Gasteiger charge is 2.19. The van der Waals surface area contributed by atoms with Crippen molar-refractivity contribution in [3.8, 4) is 0 Å². The fourth-order valence-corrected chi connectivity index (χ4v) is 3.15. The Morgan fingerprint density at radius 3 is 2.13 bits per heavy atom. The number of hydrogen-bond acceptors (Lipinski definition) is 3. The molecule has 1 saturated heterocycles. The summed E-state index contributed by atoms with van der Waals surface area (Å²) in [6.07, 6.45) is 8.77. The molecular weight excluding hydrogens is 290 g/mol. The summed E-state index contributed by atoms with van der Waals surface area (Å²) in [5.74, 6) is 1.00. The summed E-state index contributed by atoms with van der Waals surface area (Å²) < 4.78 is 0. The number of nitrogens with one attached hydrogen (secondary N) is 2. The molecule has 5 heteroatoms. The van der Waals surface area contributed by atoms with E-state index in [1.807, 2.05) is 0 Å². The van der Waals surface area contributed by atoms with Gasteiger partial charge in [0.1, 0.15) is 5.78 Å². The third-order valence-corrected chi connectivity index (χ3v) is 4.51. The molecule has 0 radical (unpaired) electrons. The van der Waals surface area contributed by atoms with E-state index in [4.69, 9.17) is 0 Å². The molecule has 0 aromatic rings. The van der Waals surface area contributed by atoms with Gasteiger partial charge in [0.15, 0.2) is 0 Å². The maximum absolute atomic E-state index is 11.8. The zero-order valence-electron chi connectivity index (χ0n) is 15.2. The Kier molecular flexibility index (Phi) is 9.92. The van der Waals surface area contributed by atoms with Crippen molar-refractivity contribution in [3.05, 3.63) is 0 Å². The van der Waals surface area contributed by atoms with E-state index in [2.05, 4.69) is 22.5 Å². The summed E-state index contributed by atoms with van der Waals surface area (Å²) in [6.45, 7) is 9.52. The molecule has 0 unspecified atom stereocenters. The van der Waals surface area contributed by atoms with Gasteiger partial charge in [0, 0.05) is 19.1 Å². The van der Waals surface area contributed by atoms with Gasteiger partial charge in [-0.25, -0.2) is 4.79 Å². The van der Waals surface area contributed by atoms with Crippen molar-refractivity contribution < 1.29 is 9.59 Å². The lowest BCUT2D eigenvalue weighted by Gasteiger charge is -2.28. The van der Waals surface area contributed by atoms with E-state index >= 15 is 0 Å². The Labute approximate surface area is 141 Å². The van der Waals surface area contributed by atoms with Crippen molar-refractivity contribution in [2.24, 2.45) is 5.92 Å². The van der Waals surface area contributed by atoms with Gasteiger partial charge in [-0.2, -0.15) is 0 Å². The van der Waals surface area contributed by atoms with Gasteiger partial charge >= 0.3 is 6.03 Å². The van der Waals surface area contributed by atoms with Gasteiger partial charge in [0.25, 0.3) is 0 Å². The van der Waals surface area contributed by atoms with Crippen molar-refractivity contribution in [1.29, 1.82) is 0 Å². The molecule has 0 atom stereocenters. The summed E-state index contributed by atoms with van der Waals surface area (Å²) in [5, 5.41) is 6.11. The van der Waals surface area contributed by atoms with Crippen LogP contribution in [0.3, 0.4) is 0 Å². The number of hydrogen-bond donors (Lipinski definition) is 2. The van der Waals surface area contributed by atoms with Crippen LogP contribution in [0.15, 0.2) is 0 Å². The van der Waals surface area contributed by atoms with Crippen LogP contribution in [0.25, 0.3) is 0 Å². The summed E-state index contributed by atoms with van der Waals surface area (Å²) in [5.41, 5.74) is 0. The van der Waals surface area contributed by atoms with Crippen LogP contribution in [-0.2, 0) is 4.79 Å². The highest BCUT2D eigenvalue weighted by atomic mass is 16.2. The quantitative estimate of drug-likeness (QED) is 0.835. The molecule has 2 amide bonds. The largest absolute Gasteiger partial charge is 0.337 e. The van der Waals surface area contributed by atoms with Crippen molar-refractivity contribution in [3.63, 3.8) is 0 Å². The van der Waals surface area contributed by atoms with E-state index in [0.29, 0.717) is 6.04 Å². The number of likely N-dealkylation sites (tertiary alicyclic amines) is 1. The van der Waals surface area contributed by atoms with Crippen LogP contribution >= 0.6 is 0 Å². The number of ketones is 1. The molecule has 2 fully saturated rings. The SMILES string of the molecule is CC(C)=O.CC1CCC(NC(=O)NCCN2CCCCC2)CC1. The number of nitrogens with zero attached hydrogens (tertiary/aromatic N) is 1. The van der Waals surface area contributed by atoms with Gasteiger partial charge in [0.05, 0.1) is 0 Å². The van der Waals surface area contributed by atoms with Crippen LogP contribution < -0.4 is 10.6 Å². The Morgan fingerprint density at radius 1 is 1.00 bits per heavy atom. The average molecular weight is 325 g/mol. The number of urea groups is 1. The van der Waals surface area contributed by atoms with Crippen molar-refractivity contribution in [2.45, 2.75) is 71.8 Å². The molecule has 23 heavy (non-hydrogen) atoms. The third kappa shape index (κ3) is 10.3. The molecule has 2 aliphatic rings. The predicted octanol–water partition coefficient (Wildman–Crippen LogP) is 2.95. The van der Waals surface area contributed by atoms with Crippen LogP contribution in [0.5, 0.6) is 0 Å². The molecule has 0 aromatic carbocycles. The zero-order valence-corrected chi connectivity index (χ0v) is 15.2. The van der Waals surface area contributed by atoms with Gasteiger partial charge in [-0.3, -0.25) is 0 Å². The van der Waals surface area contributed by atoms with E-state index in [-0.39, 0.29) is 11.8 Å². The van der Waals surface area contributed by atoms with Crippen molar-refractivity contribution in [2.75, 3.05) is 26.2 Å². The van der Waals surface area contributed by atoms with Crippen LogP contribution in [0.4, 0.5) is 4.79 Å². The molecule has 134 valence electrons. The Balaban J connectivity index is 0.000000593. The van der Waals surface area contributed by atoms with E-state index < -0.39 is 0 Å². The normalized spacial score (nSPS) is 25.0. The second-order valence-corrected chi connectivity index (χ2v) is 7.17. The third-order valence-electron chi connectivity index (χ3n) is 4.51. The summed E-state index contributed by atoms with van der Waals surface area (Å²) in [7, 11) is 0. The van der Waals surface area contributed by atoms with Crippen molar-refractivity contribution in [1.82, 2.24) is 15.5 Å². The Bertz CT molecular complexity index is 342. The van der Waals surface area contributed by atoms with Gasteiger partial charge in [-0.15, -0.1) is 0 Å². The lowest BCUT2D eigenvalue weighted by molar-refractivity contribution is -0.114. The predicted molar refractivity (Wildman–Crippen MR) is 94.6 cm³/mol. The van der Waals surface area contributed by atoms with E-state index in [1.54, 1.807) is 0 Å². The first kappa shape index (κ1) is 19.9. The summed E-state index contributed by atoms with van der Waals surface area (Å²) >= 11 is 0. The molecule has 2 rings (SSSR count). The molecule has 1 heterocycles. The molecule has 1 aliphatic carbocycles. The van der Waals surface area contributed by atoms with E-state index in [9.17, 15) is 9.59 Å². The molecule has 0 aromatic heterocycles. The van der Waals surface area contributed by atoms with Crippen LogP contribution in [-0.4, -0.2) is 48.9 Å². The number of rotatable bonds is 4. The average Bonchev–Trinajstić information content (AvgIpc) is 2.50. The molecule has 1 aliphatic heterocycles. The molecule has 5 nitrogen and oxygen atoms in total. The second-order valence-electron chi connectivity index (χ2n) is 7.17. The Hall–Kier alpha value is -1.10. The first-order valence-corrected chi connectivity index (χ1v) is 9.21. The standard InChI is InChI=1S/C15H29N3O.C3H6O/c1-13-5-7-14(8-6-13)17-15(19)16-9-12-18-10-3-2-4-11-18;1-3(2)4/h13-14H,2-12H2,1H3,(H2,16,17,19);1-2H3. The minimum atomic E-state index is 0.0246. The highest BCUT2D eigenvalue weighted by molar-refractivity contribution is 5.74. The number of carbonyl (C=O) groups excluding carboxylic acids is 2. The van der Waals surface area contributed by atoms with Gasteiger partial charge in [0.2, 0.25) is 0 Å². The Morgan fingerprint density at radius 2 is 1.57 bits per heavy atom. The number of amides is 2. The monoisotopic (exact) mass is 325 g/mol. The summed E-state index contributed by atoms with van der Waals surface area (Å²) in [4.78, 5) is 23.7. The lowest BCUT2D eigenvalue weighted by Crippen LogP contribution is -2.46. The van der Waals surface area contributed by atoms with E-state index in [1.165, 1.54) is 59.0 Å². The number of piperidine rings is 1. The first-order valence-electron chi connectivity index (χ1n) is 9.21. The molecule has 0 bridgehead atoms. The second kappa shape index (κ2) is 11.4. The van der Waals surface area contributed by atoms with Gasteiger partial charge in [-0.1, -0.05) is 13.3 Å². The highest BCUT2D eigenvalue weighted by Crippen LogP contribution is 2.23. The zero-order chi connectivity index (χ0) is 17.1. The molecule has 2 N–H and O–H groups in total. The van der Waals surface area contributed by atoms with Gasteiger partial charge in [-0.05, 0) is 71.4 Å². The molecule has 1 saturated carbocycles. The molecule has 0 spiro atoms. The number of carbonyl (C=O) groups is 2. The van der Waals surface area contributed by atoms with Gasteiger partial charge < -0.3 is 20.3 Å². The minimum Gasteiger partial charge on any atom is -0.337 e. The molecular formula is C18H35N3O2. The van der Waals surface area contributed by atoms with Crippen molar-refractivity contribution >= 4 is 11.8 Å². The first-order chi connectivity index (χ1) is 11.0. The summed E-state index contributed by atoms with van der Waals surface area (Å²) in [6, 6.07) is 0.419. The number of Topliss-reactive ketones (excluding diaryl/α,β-unsaturated/α-hetero) is 1. The fourth-order valence-electron chi connectivity index (χ4n) is 3.15. The van der Waals surface area contributed by atoms with Crippen LogP contribution in [0.1, 0.15) is 65.7 Å². The van der Waals surface area contributed by atoms with Crippen LogP contribution in [0, 0.1) is 5.92 Å². The minimum absolute atomic E-state index is 0.0246. The fraction of sp³-hybridized carbons (Fsp3) is 0.889. The lowest BCUT2D eigenvalue weighted by atomic mass is 9.87. The maximum atomic E-state index is 11.8. The van der Waals surface area contributed by atoms with Crippen LogP contribution in [0.2, 0.25) is 0 Å². The van der Waals surface area contributed by atoms with E-state index in [0.717, 1.165) is 31.8 Å². The topological polar surface area (TPSA) is 61.4 Å².